The molecular formula is C22H14N6O4. The van der Waals surface area contributed by atoms with E-state index in [1.165, 1.54) is 24.3 Å². The first-order chi connectivity index (χ1) is 15.5. The largest absolute Gasteiger partial charge is 0.338 e. The molecule has 0 unspecified atom stereocenters. The number of hydrogen-bond acceptors (Lipinski definition) is 6. The fourth-order valence-electron chi connectivity index (χ4n) is 3.55. The highest BCUT2D eigenvalue weighted by atomic mass is 16.6. The topological polar surface area (TPSA) is 144 Å². The maximum absolute atomic E-state index is 11.0. The second kappa shape index (κ2) is 7.43. The van der Waals surface area contributed by atoms with Gasteiger partial charge >= 0.3 is 0 Å². The molecule has 10 heteroatoms. The van der Waals surface area contributed by atoms with Gasteiger partial charge in [0.05, 0.1) is 32.1 Å². The molecule has 5 rings (SSSR count). The summed E-state index contributed by atoms with van der Waals surface area (Å²) in [5.74, 6) is 0.557. The zero-order chi connectivity index (χ0) is 22.2. The number of benzene rings is 3. The predicted molar refractivity (Wildman–Crippen MR) is 118 cm³/mol. The molecule has 32 heavy (non-hydrogen) atoms. The summed E-state index contributed by atoms with van der Waals surface area (Å²) in [7, 11) is 0. The Hall–Kier alpha value is -4.86. The van der Waals surface area contributed by atoms with Crippen molar-refractivity contribution >= 4 is 22.4 Å². The number of imidazole rings is 1. The van der Waals surface area contributed by atoms with Crippen LogP contribution in [0.2, 0.25) is 0 Å². The lowest BCUT2D eigenvalue weighted by atomic mass is 10.0. The van der Waals surface area contributed by atoms with Crippen molar-refractivity contribution in [2.75, 3.05) is 0 Å². The van der Waals surface area contributed by atoms with E-state index in [1.54, 1.807) is 24.3 Å². The third kappa shape index (κ3) is 3.25. The molecule has 10 nitrogen and oxygen atoms in total. The number of nitrogens with zero attached hydrogens (tertiary/aromatic N) is 4. The lowest BCUT2D eigenvalue weighted by molar-refractivity contribution is -0.385. The van der Waals surface area contributed by atoms with E-state index in [0.717, 1.165) is 11.0 Å². The predicted octanol–water partition coefficient (Wildman–Crippen LogP) is 5.10. The third-order valence-electron chi connectivity index (χ3n) is 5.11. The van der Waals surface area contributed by atoms with Crippen molar-refractivity contribution in [1.82, 2.24) is 20.2 Å². The first-order valence-corrected chi connectivity index (χ1v) is 9.54. The molecular weight excluding hydrogens is 412 g/mol. The van der Waals surface area contributed by atoms with Crippen LogP contribution in [0.3, 0.4) is 0 Å². The van der Waals surface area contributed by atoms with Crippen LogP contribution in [0.4, 0.5) is 11.4 Å². The zero-order valence-corrected chi connectivity index (χ0v) is 16.4. The molecule has 2 heterocycles. The number of hydrogen-bond donors (Lipinski definition) is 2. The number of nitro groups is 2. The molecule has 0 radical (unpaired) electrons. The smallest absolute Gasteiger partial charge is 0.269 e. The quantitative estimate of drug-likeness (QED) is 0.295. The minimum atomic E-state index is -0.462. The van der Waals surface area contributed by atoms with Gasteiger partial charge in [0.1, 0.15) is 11.5 Å². The fourth-order valence-corrected chi connectivity index (χ4v) is 3.55. The van der Waals surface area contributed by atoms with Crippen molar-refractivity contribution in [1.29, 1.82) is 0 Å². The van der Waals surface area contributed by atoms with Crippen LogP contribution in [0.25, 0.3) is 44.9 Å². The number of aromatic amines is 2. The maximum atomic E-state index is 11.0. The molecule has 2 aromatic heterocycles. The van der Waals surface area contributed by atoms with Gasteiger partial charge in [-0.05, 0) is 36.4 Å². The first-order valence-electron chi connectivity index (χ1n) is 9.54. The number of aromatic nitrogens is 4. The Morgan fingerprint density at radius 3 is 1.94 bits per heavy atom. The molecule has 0 aliphatic carbocycles. The van der Waals surface area contributed by atoms with Gasteiger partial charge in [-0.3, -0.25) is 25.3 Å². The Labute approximate surface area is 179 Å². The van der Waals surface area contributed by atoms with Gasteiger partial charge in [0.25, 0.3) is 11.4 Å². The summed E-state index contributed by atoms with van der Waals surface area (Å²) >= 11 is 0. The molecule has 156 valence electrons. The monoisotopic (exact) mass is 426 g/mol. The van der Waals surface area contributed by atoms with Crippen LogP contribution in [0.15, 0.2) is 72.8 Å². The molecule has 0 bridgehead atoms. The molecule has 2 N–H and O–H groups in total. The van der Waals surface area contributed by atoms with E-state index in [4.69, 9.17) is 0 Å². The highest BCUT2D eigenvalue weighted by Gasteiger charge is 2.22. The minimum absolute atomic E-state index is 0.0193. The van der Waals surface area contributed by atoms with E-state index < -0.39 is 9.85 Å². The fraction of sp³-hybridized carbons (Fsp3) is 0. The van der Waals surface area contributed by atoms with E-state index in [0.29, 0.717) is 33.9 Å². The number of rotatable bonds is 5. The van der Waals surface area contributed by atoms with Gasteiger partial charge in [-0.2, -0.15) is 5.10 Å². The van der Waals surface area contributed by atoms with Crippen molar-refractivity contribution in [3.8, 4) is 33.9 Å². The number of nitro benzene ring substituents is 2. The van der Waals surface area contributed by atoms with Gasteiger partial charge in [-0.1, -0.05) is 12.1 Å². The van der Waals surface area contributed by atoms with E-state index in [9.17, 15) is 20.2 Å². The molecule has 0 saturated heterocycles. The molecule has 0 saturated carbocycles. The summed E-state index contributed by atoms with van der Waals surface area (Å²) in [6.45, 7) is 0. The van der Waals surface area contributed by atoms with Gasteiger partial charge in [0.2, 0.25) is 0 Å². The minimum Gasteiger partial charge on any atom is -0.338 e. The van der Waals surface area contributed by atoms with Crippen molar-refractivity contribution < 1.29 is 9.85 Å². The van der Waals surface area contributed by atoms with Crippen LogP contribution >= 0.6 is 0 Å². The number of para-hydroxylation sites is 2. The molecule has 0 spiro atoms. The Bertz CT molecular complexity index is 1360. The zero-order valence-electron chi connectivity index (χ0n) is 16.4. The van der Waals surface area contributed by atoms with Crippen molar-refractivity contribution in [3.05, 3.63) is 93.0 Å². The second-order valence-corrected chi connectivity index (χ2v) is 7.03. The van der Waals surface area contributed by atoms with Crippen LogP contribution < -0.4 is 0 Å². The number of fused-ring (bicyclic) bond motifs is 1. The number of H-pyrrole nitrogens is 2. The summed E-state index contributed by atoms with van der Waals surface area (Å²) in [5, 5.41) is 29.5. The summed E-state index contributed by atoms with van der Waals surface area (Å²) in [4.78, 5) is 29.1. The highest BCUT2D eigenvalue weighted by molar-refractivity contribution is 5.92. The SMILES string of the molecule is O=[N+]([O-])c1ccc(-c2n[nH]c(-c3ccc([N+](=O)[O-])cc3)c2-c2nc3ccccc3[nH]2)cc1. The summed E-state index contributed by atoms with van der Waals surface area (Å²) in [5.41, 5.74) is 4.74. The average molecular weight is 426 g/mol. The maximum Gasteiger partial charge on any atom is 0.269 e. The molecule has 3 aromatic carbocycles. The van der Waals surface area contributed by atoms with Crippen LogP contribution in [-0.4, -0.2) is 30.0 Å². The Kier molecular flexibility index (Phi) is 4.44. The van der Waals surface area contributed by atoms with E-state index >= 15 is 0 Å². The molecule has 0 fully saturated rings. The molecule has 0 atom stereocenters. The number of non-ortho nitro benzene ring substituents is 2. The molecule has 0 aliphatic rings. The van der Waals surface area contributed by atoms with Crippen molar-refractivity contribution in [3.63, 3.8) is 0 Å². The highest BCUT2D eigenvalue weighted by Crippen LogP contribution is 2.38. The second-order valence-electron chi connectivity index (χ2n) is 7.03. The lowest BCUT2D eigenvalue weighted by Gasteiger charge is -2.04. The van der Waals surface area contributed by atoms with Gasteiger partial charge in [0.15, 0.2) is 0 Å². The van der Waals surface area contributed by atoms with Gasteiger partial charge < -0.3 is 4.98 Å². The Balaban J connectivity index is 1.70. The standard InChI is InChI=1S/C22H14N6O4/c29-27(30)15-9-5-13(6-10-15)20-19(22-23-17-3-1-2-4-18(17)24-22)21(26-25-20)14-7-11-16(12-8-14)28(31)32/h1-12H,(H,23,24)(H,25,26). The third-order valence-corrected chi connectivity index (χ3v) is 5.11. The van der Waals surface area contributed by atoms with E-state index in [1.807, 2.05) is 24.3 Å². The molecule has 5 aromatic rings. The Morgan fingerprint density at radius 2 is 1.34 bits per heavy atom. The summed E-state index contributed by atoms with van der Waals surface area (Å²) in [6.07, 6.45) is 0. The summed E-state index contributed by atoms with van der Waals surface area (Å²) in [6, 6.07) is 19.8. The summed E-state index contributed by atoms with van der Waals surface area (Å²) < 4.78 is 0. The normalized spacial score (nSPS) is 11.0. The molecule has 0 aliphatic heterocycles. The van der Waals surface area contributed by atoms with Crippen LogP contribution in [0, 0.1) is 20.2 Å². The van der Waals surface area contributed by atoms with Crippen molar-refractivity contribution in [2.45, 2.75) is 0 Å². The van der Waals surface area contributed by atoms with Crippen LogP contribution in [0.5, 0.6) is 0 Å². The molecule has 0 amide bonds. The van der Waals surface area contributed by atoms with Gasteiger partial charge in [-0.15, -0.1) is 0 Å². The van der Waals surface area contributed by atoms with Gasteiger partial charge in [0, 0.05) is 35.4 Å². The van der Waals surface area contributed by atoms with E-state index in [2.05, 4.69) is 20.2 Å². The Morgan fingerprint density at radius 1 is 0.750 bits per heavy atom. The first kappa shape index (κ1) is 19.1. The van der Waals surface area contributed by atoms with E-state index in [-0.39, 0.29) is 11.4 Å². The lowest BCUT2D eigenvalue weighted by Crippen LogP contribution is -1.90. The van der Waals surface area contributed by atoms with Gasteiger partial charge in [-0.25, -0.2) is 4.98 Å². The number of nitrogens with one attached hydrogen (secondary N) is 2. The van der Waals surface area contributed by atoms with Crippen LogP contribution in [0.1, 0.15) is 0 Å². The average Bonchev–Trinajstić information content (AvgIpc) is 3.43. The van der Waals surface area contributed by atoms with Crippen LogP contribution in [-0.2, 0) is 0 Å². The van der Waals surface area contributed by atoms with Crippen molar-refractivity contribution in [2.24, 2.45) is 0 Å².